The van der Waals surface area contributed by atoms with Gasteiger partial charge < -0.3 is 15.0 Å². The third kappa shape index (κ3) is 4.79. The van der Waals surface area contributed by atoms with E-state index >= 15 is 0 Å². The van der Waals surface area contributed by atoms with Crippen LogP contribution in [0.15, 0.2) is 18.2 Å². The standard InChI is InChI=1S/C16H25N3O3S/c1-6-11(3)18(12(4)7-2)16(23)17-14-9-8-13(19(20)21)10-15(14)22-5/h8-12H,6-7H2,1-5H3,(H,17,23)/t11-,12-/m0/s1. The minimum Gasteiger partial charge on any atom is -0.494 e. The zero-order chi connectivity index (χ0) is 17.6. The van der Waals surface area contributed by atoms with E-state index < -0.39 is 4.92 Å². The van der Waals surface area contributed by atoms with Crippen LogP contribution in [0.5, 0.6) is 5.75 Å². The molecule has 23 heavy (non-hydrogen) atoms. The second-order valence-corrected chi connectivity index (χ2v) is 5.88. The maximum absolute atomic E-state index is 10.9. The SMILES string of the molecule is CC[C@H](C)N(C(=S)Nc1ccc([N+](=O)[O-])cc1OC)[C@@H](C)CC. The molecule has 128 valence electrons. The fourth-order valence-electron chi connectivity index (χ4n) is 2.30. The molecule has 7 heteroatoms. The smallest absolute Gasteiger partial charge is 0.273 e. The van der Waals surface area contributed by atoms with E-state index in [0.717, 1.165) is 12.8 Å². The molecule has 0 aliphatic rings. The molecule has 0 radical (unpaired) electrons. The second-order valence-electron chi connectivity index (χ2n) is 5.49. The molecule has 0 fully saturated rings. The molecule has 0 saturated carbocycles. The number of ether oxygens (including phenoxy) is 1. The molecule has 2 atom stereocenters. The third-order valence-corrected chi connectivity index (χ3v) is 4.32. The molecular formula is C16H25N3O3S. The Labute approximate surface area is 143 Å². The Balaban J connectivity index is 3.04. The van der Waals surface area contributed by atoms with Crippen LogP contribution in [-0.2, 0) is 0 Å². The van der Waals surface area contributed by atoms with Gasteiger partial charge in [0.25, 0.3) is 5.69 Å². The molecule has 0 aliphatic carbocycles. The first-order chi connectivity index (χ1) is 10.8. The van der Waals surface area contributed by atoms with Gasteiger partial charge in [-0.1, -0.05) is 13.8 Å². The van der Waals surface area contributed by atoms with Gasteiger partial charge in [-0.15, -0.1) is 0 Å². The summed E-state index contributed by atoms with van der Waals surface area (Å²) in [6.07, 6.45) is 1.95. The van der Waals surface area contributed by atoms with Gasteiger partial charge in [-0.25, -0.2) is 0 Å². The first-order valence-electron chi connectivity index (χ1n) is 7.77. The molecule has 0 saturated heterocycles. The average Bonchev–Trinajstić information content (AvgIpc) is 2.54. The average molecular weight is 339 g/mol. The second kappa shape index (κ2) is 8.67. The highest BCUT2D eigenvalue weighted by molar-refractivity contribution is 7.80. The zero-order valence-corrected chi connectivity index (χ0v) is 15.1. The topological polar surface area (TPSA) is 67.6 Å². The Kier molecular flexibility index (Phi) is 7.22. The molecule has 1 aromatic rings. The van der Waals surface area contributed by atoms with Crippen molar-refractivity contribution >= 4 is 28.7 Å². The molecule has 0 aromatic heterocycles. The maximum atomic E-state index is 10.9. The Bertz CT molecular complexity index is 556. The predicted molar refractivity (Wildman–Crippen MR) is 97.2 cm³/mol. The number of non-ortho nitro benzene ring substituents is 1. The van der Waals surface area contributed by atoms with E-state index in [2.05, 4.69) is 37.9 Å². The fourth-order valence-corrected chi connectivity index (χ4v) is 2.77. The normalized spacial score (nSPS) is 13.1. The van der Waals surface area contributed by atoms with Crippen molar-refractivity contribution in [2.24, 2.45) is 0 Å². The molecule has 0 spiro atoms. The molecule has 0 heterocycles. The highest BCUT2D eigenvalue weighted by Gasteiger charge is 2.22. The van der Waals surface area contributed by atoms with Crippen LogP contribution in [0.1, 0.15) is 40.5 Å². The number of hydrogen-bond donors (Lipinski definition) is 1. The molecule has 1 rings (SSSR count). The van der Waals surface area contributed by atoms with E-state index in [4.69, 9.17) is 17.0 Å². The van der Waals surface area contributed by atoms with Crippen LogP contribution in [0.4, 0.5) is 11.4 Å². The zero-order valence-electron chi connectivity index (χ0n) is 14.3. The number of nitrogens with zero attached hydrogens (tertiary/aromatic N) is 2. The molecule has 0 bridgehead atoms. The van der Waals surface area contributed by atoms with Crippen molar-refractivity contribution in [3.05, 3.63) is 28.3 Å². The van der Waals surface area contributed by atoms with Crippen LogP contribution in [-0.4, -0.2) is 34.1 Å². The Hall–Kier alpha value is -1.89. The summed E-state index contributed by atoms with van der Waals surface area (Å²) in [5.74, 6) is 0.398. The van der Waals surface area contributed by atoms with Crippen molar-refractivity contribution in [1.82, 2.24) is 4.90 Å². The van der Waals surface area contributed by atoms with Gasteiger partial charge in [-0.3, -0.25) is 10.1 Å². The first-order valence-corrected chi connectivity index (χ1v) is 8.18. The number of hydrogen-bond acceptors (Lipinski definition) is 4. The van der Waals surface area contributed by atoms with Crippen LogP contribution in [0.3, 0.4) is 0 Å². The van der Waals surface area contributed by atoms with Crippen LogP contribution < -0.4 is 10.1 Å². The largest absolute Gasteiger partial charge is 0.494 e. The van der Waals surface area contributed by atoms with Crippen LogP contribution >= 0.6 is 12.2 Å². The summed E-state index contributed by atoms with van der Waals surface area (Å²) < 4.78 is 5.25. The van der Waals surface area contributed by atoms with Gasteiger partial charge in [0.05, 0.1) is 23.8 Å². The molecule has 6 nitrogen and oxygen atoms in total. The van der Waals surface area contributed by atoms with Crippen molar-refractivity contribution in [3.63, 3.8) is 0 Å². The fraction of sp³-hybridized carbons (Fsp3) is 0.562. The number of nitro groups is 1. The number of nitrogens with one attached hydrogen (secondary N) is 1. The van der Waals surface area contributed by atoms with E-state index in [1.54, 1.807) is 6.07 Å². The lowest BCUT2D eigenvalue weighted by Gasteiger charge is -2.36. The number of rotatable bonds is 7. The van der Waals surface area contributed by atoms with Gasteiger partial charge in [0.15, 0.2) is 5.11 Å². The molecule has 0 unspecified atom stereocenters. The lowest BCUT2D eigenvalue weighted by molar-refractivity contribution is -0.384. The minimum absolute atomic E-state index is 0.0148. The number of methoxy groups -OCH3 is 1. The van der Waals surface area contributed by atoms with Gasteiger partial charge in [-0.05, 0) is 45.0 Å². The van der Waals surface area contributed by atoms with Crippen LogP contribution in [0.2, 0.25) is 0 Å². The summed E-state index contributed by atoms with van der Waals surface area (Å²) in [5.41, 5.74) is 0.610. The van der Waals surface area contributed by atoms with Crippen molar-refractivity contribution in [2.75, 3.05) is 12.4 Å². The molecule has 1 aromatic carbocycles. The first kappa shape index (κ1) is 19.2. The molecule has 0 aliphatic heterocycles. The highest BCUT2D eigenvalue weighted by atomic mass is 32.1. The molecule has 0 amide bonds. The van der Waals surface area contributed by atoms with E-state index in [1.165, 1.54) is 19.2 Å². The summed E-state index contributed by atoms with van der Waals surface area (Å²) in [5, 5.41) is 14.6. The number of thiocarbonyl (C=S) groups is 1. The molecule has 1 N–H and O–H groups in total. The summed E-state index contributed by atoms with van der Waals surface area (Å²) in [7, 11) is 1.48. The van der Waals surface area contributed by atoms with E-state index in [-0.39, 0.29) is 5.69 Å². The quantitative estimate of drug-likeness (QED) is 0.456. The van der Waals surface area contributed by atoms with E-state index in [9.17, 15) is 10.1 Å². The Morgan fingerprint density at radius 1 is 1.35 bits per heavy atom. The number of benzene rings is 1. The maximum Gasteiger partial charge on any atom is 0.273 e. The lowest BCUT2D eigenvalue weighted by Crippen LogP contribution is -2.46. The Morgan fingerprint density at radius 2 is 1.91 bits per heavy atom. The van der Waals surface area contributed by atoms with Crippen molar-refractivity contribution in [3.8, 4) is 5.75 Å². The molecular weight excluding hydrogens is 314 g/mol. The number of anilines is 1. The minimum atomic E-state index is -0.449. The summed E-state index contributed by atoms with van der Waals surface area (Å²) in [4.78, 5) is 12.6. The van der Waals surface area contributed by atoms with E-state index in [1.807, 2.05) is 0 Å². The van der Waals surface area contributed by atoms with Gasteiger partial charge >= 0.3 is 0 Å². The number of nitro benzene ring substituents is 1. The monoisotopic (exact) mass is 339 g/mol. The van der Waals surface area contributed by atoms with Crippen LogP contribution in [0.25, 0.3) is 0 Å². The van der Waals surface area contributed by atoms with Gasteiger partial charge in [-0.2, -0.15) is 0 Å². The third-order valence-electron chi connectivity index (χ3n) is 4.00. The van der Waals surface area contributed by atoms with E-state index in [0.29, 0.717) is 28.6 Å². The summed E-state index contributed by atoms with van der Waals surface area (Å²) in [6, 6.07) is 5.05. The summed E-state index contributed by atoms with van der Waals surface area (Å²) in [6.45, 7) is 8.50. The van der Waals surface area contributed by atoms with Gasteiger partial charge in [0, 0.05) is 18.2 Å². The predicted octanol–water partition coefficient (Wildman–Crippen LogP) is 4.20. The lowest BCUT2D eigenvalue weighted by atomic mass is 10.1. The van der Waals surface area contributed by atoms with Gasteiger partial charge in [0.1, 0.15) is 5.75 Å². The van der Waals surface area contributed by atoms with Gasteiger partial charge in [0.2, 0.25) is 0 Å². The summed E-state index contributed by atoms with van der Waals surface area (Å²) >= 11 is 5.56. The van der Waals surface area contributed by atoms with Crippen molar-refractivity contribution in [2.45, 2.75) is 52.6 Å². The van der Waals surface area contributed by atoms with Crippen LogP contribution in [0, 0.1) is 10.1 Å². The Morgan fingerprint density at radius 3 is 2.35 bits per heavy atom. The van der Waals surface area contributed by atoms with Crippen molar-refractivity contribution in [1.29, 1.82) is 0 Å². The highest BCUT2D eigenvalue weighted by Crippen LogP contribution is 2.29. The van der Waals surface area contributed by atoms with Crippen molar-refractivity contribution < 1.29 is 9.66 Å².